The summed E-state index contributed by atoms with van der Waals surface area (Å²) in [6.45, 7) is 12.4. The summed E-state index contributed by atoms with van der Waals surface area (Å²) in [7, 11) is 0. The molecule has 0 amide bonds. The van der Waals surface area contributed by atoms with E-state index in [-0.39, 0.29) is 6.04 Å². The smallest absolute Gasteiger partial charge is 0.208 e. The number of nitrogens with zero attached hydrogens (tertiary/aromatic N) is 3. The Balaban J connectivity index is 4.94. The van der Waals surface area contributed by atoms with Crippen LogP contribution in [0.4, 0.5) is 0 Å². The van der Waals surface area contributed by atoms with Crippen LogP contribution >= 0.6 is 0 Å². The lowest BCUT2D eigenvalue weighted by atomic mass is 10.2. The molecule has 0 bridgehead atoms. The molecular formula is C11H22N4. The van der Waals surface area contributed by atoms with Gasteiger partial charge in [0.2, 0.25) is 5.96 Å². The monoisotopic (exact) mass is 210 g/mol. The largest absolute Gasteiger partial charge is 0.337 e. The maximum atomic E-state index is 8.69. The predicted octanol–water partition coefficient (Wildman–Crippen LogP) is 1.94. The average Bonchev–Trinajstić information content (AvgIpc) is 2.01. The number of nitrogens with one attached hydrogen (secondary N) is 1. The molecule has 0 radical (unpaired) electrons. The highest BCUT2D eigenvalue weighted by atomic mass is 15.3. The highest BCUT2D eigenvalue weighted by Crippen LogP contribution is 2.06. The van der Waals surface area contributed by atoms with E-state index < -0.39 is 0 Å². The van der Waals surface area contributed by atoms with Crippen LogP contribution < -0.4 is 5.32 Å². The van der Waals surface area contributed by atoms with Crippen LogP contribution in [0, 0.1) is 11.5 Å². The maximum absolute atomic E-state index is 8.69. The normalized spacial score (nSPS) is 12.1. The molecule has 0 rings (SSSR count). The predicted molar refractivity (Wildman–Crippen MR) is 63.4 cm³/mol. The fraction of sp³-hybridized carbons (Fsp3) is 0.818. The van der Waals surface area contributed by atoms with Crippen LogP contribution in [0.25, 0.3) is 0 Å². The van der Waals surface area contributed by atoms with Gasteiger partial charge in [0, 0.05) is 18.1 Å². The fourth-order valence-electron chi connectivity index (χ4n) is 1.54. The number of hydrogen-bond acceptors (Lipinski definition) is 2. The lowest BCUT2D eigenvalue weighted by molar-refractivity contribution is 0.283. The standard InChI is InChI=1S/C11H22N4/c1-8(2)14-11(13-7-12)15(9(3)4)10(5)6/h8-10H,1-6H3,(H,13,14). The van der Waals surface area contributed by atoms with Gasteiger partial charge in [0.1, 0.15) is 0 Å². The zero-order valence-corrected chi connectivity index (χ0v) is 10.6. The van der Waals surface area contributed by atoms with Crippen LogP contribution in [0.2, 0.25) is 0 Å². The molecule has 0 aromatic carbocycles. The van der Waals surface area contributed by atoms with E-state index in [0.29, 0.717) is 18.0 Å². The number of hydrogen-bond donors (Lipinski definition) is 1. The van der Waals surface area contributed by atoms with Gasteiger partial charge < -0.3 is 4.90 Å². The first-order valence-corrected chi connectivity index (χ1v) is 5.41. The van der Waals surface area contributed by atoms with E-state index in [2.05, 4.69) is 42.9 Å². The van der Waals surface area contributed by atoms with Gasteiger partial charge in [-0.15, -0.1) is 0 Å². The van der Waals surface area contributed by atoms with Crippen molar-refractivity contribution in [2.75, 3.05) is 0 Å². The molecule has 0 spiro atoms. The van der Waals surface area contributed by atoms with Crippen molar-refractivity contribution in [1.82, 2.24) is 10.2 Å². The molecule has 0 aliphatic rings. The molecule has 0 aliphatic heterocycles. The molecule has 0 fully saturated rings. The first-order chi connectivity index (χ1) is 6.90. The van der Waals surface area contributed by atoms with Gasteiger partial charge in [-0.1, -0.05) is 0 Å². The van der Waals surface area contributed by atoms with Crippen molar-refractivity contribution in [2.24, 2.45) is 4.99 Å². The second-order valence-electron chi connectivity index (χ2n) is 4.38. The molecule has 15 heavy (non-hydrogen) atoms. The summed E-state index contributed by atoms with van der Waals surface area (Å²) >= 11 is 0. The molecule has 86 valence electrons. The molecule has 0 aromatic rings. The topological polar surface area (TPSA) is 51.4 Å². The Bertz CT molecular complexity index is 240. The van der Waals surface area contributed by atoms with E-state index >= 15 is 0 Å². The SMILES string of the molecule is CC(C)N=C(NC#N)N(C(C)C)C(C)C. The number of aliphatic imine (C=N–C) groups is 1. The molecular weight excluding hydrogens is 188 g/mol. The third-order valence-corrected chi connectivity index (χ3v) is 1.91. The summed E-state index contributed by atoms with van der Waals surface area (Å²) in [5.41, 5.74) is 0. The summed E-state index contributed by atoms with van der Waals surface area (Å²) in [6, 6.07) is 0.826. The third-order valence-electron chi connectivity index (χ3n) is 1.91. The second-order valence-corrected chi connectivity index (χ2v) is 4.38. The van der Waals surface area contributed by atoms with Crippen LogP contribution in [0.15, 0.2) is 4.99 Å². The van der Waals surface area contributed by atoms with Gasteiger partial charge in [-0.25, -0.2) is 4.99 Å². The quantitative estimate of drug-likeness (QED) is 0.335. The average molecular weight is 210 g/mol. The van der Waals surface area contributed by atoms with E-state index in [4.69, 9.17) is 5.26 Å². The lowest BCUT2D eigenvalue weighted by Crippen LogP contribution is -2.48. The first kappa shape index (κ1) is 13.8. The van der Waals surface area contributed by atoms with Crippen LogP contribution in [0.1, 0.15) is 41.5 Å². The van der Waals surface area contributed by atoms with E-state index in [9.17, 15) is 0 Å². The van der Waals surface area contributed by atoms with Crippen molar-refractivity contribution in [3.8, 4) is 6.19 Å². The van der Waals surface area contributed by atoms with E-state index in [1.165, 1.54) is 0 Å². The first-order valence-electron chi connectivity index (χ1n) is 5.41. The molecule has 0 aromatic heterocycles. The third kappa shape index (κ3) is 4.68. The highest BCUT2D eigenvalue weighted by Gasteiger charge is 2.18. The Morgan fingerprint density at radius 1 is 1.13 bits per heavy atom. The van der Waals surface area contributed by atoms with Gasteiger partial charge in [0.05, 0.1) is 0 Å². The maximum Gasteiger partial charge on any atom is 0.208 e. The second kappa shape index (κ2) is 6.28. The minimum atomic E-state index is 0.181. The van der Waals surface area contributed by atoms with Crippen molar-refractivity contribution >= 4 is 5.96 Å². The number of nitriles is 1. The van der Waals surface area contributed by atoms with Crippen LogP contribution in [-0.4, -0.2) is 29.0 Å². The zero-order valence-electron chi connectivity index (χ0n) is 10.6. The molecule has 0 saturated carbocycles. The Morgan fingerprint density at radius 3 is 1.87 bits per heavy atom. The van der Waals surface area contributed by atoms with Gasteiger partial charge in [0.25, 0.3) is 0 Å². The van der Waals surface area contributed by atoms with Crippen molar-refractivity contribution in [2.45, 2.75) is 59.7 Å². The van der Waals surface area contributed by atoms with E-state index in [1.807, 2.05) is 20.0 Å². The molecule has 0 heterocycles. The fourth-order valence-corrected chi connectivity index (χ4v) is 1.54. The molecule has 0 unspecified atom stereocenters. The highest BCUT2D eigenvalue weighted by molar-refractivity contribution is 5.82. The van der Waals surface area contributed by atoms with E-state index in [0.717, 1.165) is 0 Å². The minimum absolute atomic E-state index is 0.181. The molecule has 1 N–H and O–H groups in total. The summed E-state index contributed by atoms with van der Waals surface area (Å²) in [5, 5.41) is 11.4. The van der Waals surface area contributed by atoms with Gasteiger partial charge >= 0.3 is 0 Å². The van der Waals surface area contributed by atoms with Crippen LogP contribution in [0.5, 0.6) is 0 Å². The van der Waals surface area contributed by atoms with Gasteiger partial charge in [-0.05, 0) is 41.5 Å². The van der Waals surface area contributed by atoms with Crippen LogP contribution in [0.3, 0.4) is 0 Å². The number of rotatable bonds is 3. The Labute approximate surface area is 93.0 Å². The Morgan fingerprint density at radius 2 is 1.60 bits per heavy atom. The lowest BCUT2D eigenvalue weighted by Gasteiger charge is -2.33. The van der Waals surface area contributed by atoms with Gasteiger partial charge in [-0.2, -0.15) is 5.26 Å². The van der Waals surface area contributed by atoms with Crippen LogP contribution in [-0.2, 0) is 0 Å². The van der Waals surface area contributed by atoms with Gasteiger partial charge in [0.15, 0.2) is 6.19 Å². The summed E-state index contributed by atoms with van der Waals surface area (Å²) in [6.07, 6.45) is 1.94. The van der Waals surface area contributed by atoms with Crippen molar-refractivity contribution in [3.05, 3.63) is 0 Å². The number of guanidine groups is 1. The molecule has 4 heteroatoms. The summed E-state index contributed by atoms with van der Waals surface area (Å²) in [4.78, 5) is 6.52. The molecule has 0 saturated heterocycles. The minimum Gasteiger partial charge on any atom is -0.337 e. The zero-order chi connectivity index (χ0) is 12.0. The molecule has 4 nitrogen and oxygen atoms in total. The van der Waals surface area contributed by atoms with Gasteiger partial charge in [-0.3, -0.25) is 5.32 Å². The molecule has 0 atom stereocenters. The Hall–Kier alpha value is -1.24. The van der Waals surface area contributed by atoms with Crippen molar-refractivity contribution in [1.29, 1.82) is 5.26 Å². The van der Waals surface area contributed by atoms with E-state index in [1.54, 1.807) is 0 Å². The summed E-state index contributed by atoms with van der Waals surface area (Å²) < 4.78 is 0. The summed E-state index contributed by atoms with van der Waals surface area (Å²) in [5.74, 6) is 0.664. The molecule has 0 aliphatic carbocycles. The Kier molecular flexibility index (Phi) is 5.76. The van der Waals surface area contributed by atoms with Crippen molar-refractivity contribution in [3.63, 3.8) is 0 Å². The van der Waals surface area contributed by atoms with Crippen molar-refractivity contribution < 1.29 is 0 Å².